The number of aromatic amines is 1. The summed E-state index contributed by atoms with van der Waals surface area (Å²) in [5, 5.41) is 0. The van der Waals surface area contributed by atoms with Gasteiger partial charge in [0, 0.05) is 15.8 Å². The van der Waals surface area contributed by atoms with Crippen LogP contribution >= 0.6 is 11.3 Å². The van der Waals surface area contributed by atoms with E-state index in [0.29, 0.717) is 6.54 Å². The smallest absolute Gasteiger partial charge is 0.330 e. The Bertz CT molecular complexity index is 623. The molecular weight excluding hydrogens is 226 g/mol. The van der Waals surface area contributed by atoms with Crippen LogP contribution in [0.15, 0.2) is 27.8 Å². The summed E-state index contributed by atoms with van der Waals surface area (Å²) in [6.45, 7) is 2.38. The second-order valence-electron chi connectivity index (χ2n) is 3.46. The highest BCUT2D eigenvalue weighted by Crippen LogP contribution is 2.16. The quantitative estimate of drug-likeness (QED) is 0.799. The van der Waals surface area contributed by atoms with Crippen LogP contribution in [0.1, 0.15) is 9.75 Å². The highest BCUT2D eigenvalue weighted by molar-refractivity contribution is 7.11. The Hall–Kier alpha value is -1.82. The zero-order valence-corrected chi connectivity index (χ0v) is 9.50. The fourth-order valence-corrected chi connectivity index (χ4v) is 2.31. The normalized spacial score (nSPS) is 10.6. The van der Waals surface area contributed by atoms with Gasteiger partial charge in [-0.15, -0.1) is 11.3 Å². The molecule has 0 atom stereocenters. The first-order valence-electron chi connectivity index (χ1n) is 4.71. The molecule has 0 saturated heterocycles. The SMILES string of the molecule is Cc1ccc(Cn2c(N)cc(=O)[nH]c2=O)s1. The lowest BCUT2D eigenvalue weighted by Gasteiger charge is -2.06. The number of rotatable bonds is 2. The van der Waals surface area contributed by atoms with E-state index in [1.165, 1.54) is 15.5 Å². The van der Waals surface area contributed by atoms with E-state index in [1.54, 1.807) is 11.3 Å². The van der Waals surface area contributed by atoms with E-state index < -0.39 is 11.2 Å². The van der Waals surface area contributed by atoms with Crippen molar-refractivity contribution in [3.8, 4) is 0 Å². The number of nitrogen functional groups attached to an aromatic ring is 1. The van der Waals surface area contributed by atoms with Gasteiger partial charge in [-0.2, -0.15) is 0 Å². The van der Waals surface area contributed by atoms with Gasteiger partial charge in [-0.1, -0.05) is 0 Å². The number of H-pyrrole nitrogens is 1. The van der Waals surface area contributed by atoms with Crippen molar-refractivity contribution in [2.24, 2.45) is 0 Å². The average Bonchev–Trinajstić information content (AvgIpc) is 2.58. The van der Waals surface area contributed by atoms with Crippen LogP contribution in [0.4, 0.5) is 5.82 Å². The number of aryl methyl sites for hydroxylation is 1. The van der Waals surface area contributed by atoms with Gasteiger partial charge in [0.05, 0.1) is 6.54 Å². The van der Waals surface area contributed by atoms with Gasteiger partial charge in [0.1, 0.15) is 5.82 Å². The van der Waals surface area contributed by atoms with E-state index >= 15 is 0 Å². The van der Waals surface area contributed by atoms with Crippen LogP contribution in [0.2, 0.25) is 0 Å². The molecule has 0 bridgehead atoms. The summed E-state index contributed by atoms with van der Waals surface area (Å²) in [6, 6.07) is 5.13. The van der Waals surface area contributed by atoms with Crippen LogP contribution in [0.3, 0.4) is 0 Å². The second kappa shape index (κ2) is 3.97. The third kappa shape index (κ3) is 2.06. The third-order valence-corrected chi connectivity index (χ3v) is 3.16. The van der Waals surface area contributed by atoms with Crippen molar-refractivity contribution in [3.63, 3.8) is 0 Å². The molecule has 0 radical (unpaired) electrons. The largest absolute Gasteiger partial charge is 0.385 e. The van der Waals surface area contributed by atoms with Crippen LogP contribution in [0, 0.1) is 6.92 Å². The molecule has 0 unspecified atom stereocenters. The summed E-state index contributed by atoms with van der Waals surface area (Å²) < 4.78 is 1.34. The van der Waals surface area contributed by atoms with Crippen LogP contribution in [0.5, 0.6) is 0 Å². The second-order valence-corrected chi connectivity index (χ2v) is 4.83. The van der Waals surface area contributed by atoms with Crippen molar-refractivity contribution in [3.05, 3.63) is 48.8 Å². The highest BCUT2D eigenvalue weighted by Gasteiger charge is 2.05. The Labute approximate surface area is 95.2 Å². The molecule has 3 N–H and O–H groups in total. The molecule has 2 rings (SSSR count). The first-order chi connectivity index (χ1) is 7.56. The standard InChI is InChI=1S/C10H11N3O2S/c1-6-2-3-7(16-6)5-13-8(11)4-9(14)12-10(13)15/h2-4H,5,11H2,1H3,(H,12,14,15). The molecule has 0 saturated carbocycles. The molecule has 6 heteroatoms. The number of nitrogens with zero attached hydrogens (tertiary/aromatic N) is 1. The minimum Gasteiger partial charge on any atom is -0.385 e. The van der Waals surface area contributed by atoms with Gasteiger partial charge in [0.15, 0.2) is 0 Å². The fourth-order valence-electron chi connectivity index (χ4n) is 1.43. The van der Waals surface area contributed by atoms with Gasteiger partial charge >= 0.3 is 5.69 Å². The van der Waals surface area contributed by atoms with Crippen molar-refractivity contribution >= 4 is 17.2 Å². The molecule has 0 aromatic carbocycles. The Balaban J connectivity index is 2.42. The molecule has 2 aromatic rings. The zero-order valence-electron chi connectivity index (χ0n) is 8.69. The maximum atomic E-state index is 11.5. The molecule has 2 aromatic heterocycles. The molecule has 5 nitrogen and oxygen atoms in total. The summed E-state index contributed by atoms with van der Waals surface area (Å²) in [4.78, 5) is 26.9. The number of hydrogen-bond acceptors (Lipinski definition) is 4. The van der Waals surface area contributed by atoms with Gasteiger partial charge in [-0.05, 0) is 19.1 Å². The predicted octanol–water partition coefficient (Wildman–Crippen LogP) is 0.537. The molecule has 0 aliphatic carbocycles. The number of nitrogens with one attached hydrogen (secondary N) is 1. The maximum Gasteiger partial charge on any atom is 0.330 e. The zero-order chi connectivity index (χ0) is 11.7. The molecule has 0 fully saturated rings. The van der Waals surface area contributed by atoms with Crippen molar-refractivity contribution in [1.82, 2.24) is 9.55 Å². The van der Waals surface area contributed by atoms with Crippen LogP contribution in [0.25, 0.3) is 0 Å². The van der Waals surface area contributed by atoms with E-state index in [0.717, 1.165) is 4.88 Å². The number of anilines is 1. The van der Waals surface area contributed by atoms with E-state index in [9.17, 15) is 9.59 Å². The molecule has 0 aliphatic heterocycles. The minimum atomic E-state index is -0.476. The number of hydrogen-bond donors (Lipinski definition) is 2. The van der Waals surface area contributed by atoms with Crippen molar-refractivity contribution < 1.29 is 0 Å². The van der Waals surface area contributed by atoms with Crippen LogP contribution < -0.4 is 17.0 Å². The first-order valence-corrected chi connectivity index (χ1v) is 5.53. The monoisotopic (exact) mass is 237 g/mol. The number of nitrogens with two attached hydrogens (primary N) is 1. The lowest BCUT2D eigenvalue weighted by molar-refractivity contribution is 0.741. The summed E-state index contributed by atoms with van der Waals surface area (Å²) in [6.07, 6.45) is 0. The molecular formula is C10H11N3O2S. The van der Waals surface area contributed by atoms with Crippen LogP contribution in [-0.2, 0) is 6.54 Å². The van der Waals surface area contributed by atoms with Crippen molar-refractivity contribution in [2.75, 3.05) is 5.73 Å². The topological polar surface area (TPSA) is 80.9 Å². The molecule has 0 spiro atoms. The Morgan fingerprint density at radius 1 is 1.44 bits per heavy atom. The van der Waals surface area contributed by atoms with Crippen molar-refractivity contribution in [2.45, 2.75) is 13.5 Å². The average molecular weight is 237 g/mol. The van der Waals surface area contributed by atoms with E-state index in [2.05, 4.69) is 4.98 Å². The Morgan fingerprint density at radius 2 is 2.19 bits per heavy atom. The predicted molar refractivity (Wildman–Crippen MR) is 63.9 cm³/mol. The molecule has 2 heterocycles. The van der Waals surface area contributed by atoms with Gasteiger partial charge in [0.25, 0.3) is 5.56 Å². The number of thiophene rings is 1. The lowest BCUT2D eigenvalue weighted by atomic mass is 10.4. The van der Waals surface area contributed by atoms with E-state index in [-0.39, 0.29) is 5.82 Å². The highest BCUT2D eigenvalue weighted by atomic mass is 32.1. The summed E-state index contributed by atoms with van der Waals surface area (Å²) >= 11 is 1.60. The van der Waals surface area contributed by atoms with E-state index in [4.69, 9.17) is 5.73 Å². The number of aromatic nitrogens is 2. The summed E-state index contributed by atoms with van der Waals surface area (Å²) in [7, 11) is 0. The summed E-state index contributed by atoms with van der Waals surface area (Å²) in [5.41, 5.74) is 4.68. The van der Waals surface area contributed by atoms with Gasteiger partial charge in [0.2, 0.25) is 0 Å². The Morgan fingerprint density at radius 3 is 2.75 bits per heavy atom. The van der Waals surface area contributed by atoms with Crippen molar-refractivity contribution in [1.29, 1.82) is 0 Å². The molecule has 16 heavy (non-hydrogen) atoms. The lowest BCUT2D eigenvalue weighted by Crippen LogP contribution is -2.31. The summed E-state index contributed by atoms with van der Waals surface area (Å²) in [5.74, 6) is 0.180. The van der Waals surface area contributed by atoms with Gasteiger partial charge < -0.3 is 5.73 Å². The minimum absolute atomic E-state index is 0.180. The Kier molecular flexibility index (Phi) is 2.66. The van der Waals surface area contributed by atoms with Gasteiger partial charge in [-0.25, -0.2) is 4.79 Å². The molecule has 0 amide bonds. The van der Waals surface area contributed by atoms with E-state index in [1.807, 2.05) is 19.1 Å². The molecule has 0 aliphatic rings. The third-order valence-electron chi connectivity index (χ3n) is 2.18. The maximum absolute atomic E-state index is 11.5. The fraction of sp³-hybridized carbons (Fsp3) is 0.200. The first kappa shape index (κ1) is 10.7. The molecule has 84 valence electrons. The van der Waals surface area contributed by atoms with Gasteiger partial charge in [-0.3, -0.25) is 14.3 Å². The van der Waals surface area contributed by atoms with Crippen LogP contribution in [-0.4, -0.2) is 9.55 Å².